The van der Waals surface area contributed by atoms with E-state index in [0.29, 0.717) is 0 Å². The van der Waals surface area contributed by atoms with Crippen molar-refractivity contribution in [2.45, 2.75) is 47.0 Å². The molecule has 0 aliphatic carbocycles. The average molecular weight is 232 g/mol. The fourth-order valence-corrected chi connectivity index (χ4v) is 2.66. The zero-order chi connectivity index (χ0) is 13.0. The molecule has 0 fully saturated rings. The second kappa shape index (κ2) is 5.76. The second-order valence-electron chi connectivity index (χ2n) is 4.18. The molecule has 0 N–H and O–H groups in total. The Balaban J connectivity index is 3.78. The van der Waals surface area contributed by atoms with Crippen molar-refractivity contribution in [1.29, 1.82) is 0 Å². The summed E-state index contributed by atoms with van der Waals surface area (Å²) in [6.07, 6.45) is 4.26. The summed E-state index contributed by atoms with van der Waals surface area (Å²) in [5, 5.41) is 0. The molecule has 1 rings (SSSR count). The topological polar surface area (TPSA) is 34.1 Å². The first kappa shape index (κ1) is 13.6. The number of carbonyl (C=O) groups excluding carboxylic acids is 2. The Bertz CT molecular complexity index is 445. The van der Waals surface area contributed by atoms with Gasteiger partial charge < -0.3 is 0 Å². The fourth-order valence-electron chi connectivity index (χ4n) is 2.66. The van der Waals surface area contributed by atoms with E-state index in [1.807, 2.05) is 27.7 Å². The van der Waals surface area contributed by atoms with E-state index in [0.717, 1.165) is 65.2 Å². The van der Waals surface area contributed by atoms with Crippen LogP contribution in [0.4, 0.5) is 0 Å². The predicted octanol–water partition coefficient (Wildman–Crippen LogP) is 3.31. The van der Waals surface area contributed by atoms with Gasteiger partial charge in [0.15, 0.2) is 12.6 Å². The molecule has 1 aromatic rings. The molecule has 0 heterocycles. The van der Waals surface area contributed by atoms with Crippen molar-refractivity contribution < 1.29 is 9.59 Å². The lowest BCUT2D eigenvalue weighted by molar-refractivity contribution is 0.111. The van der Waals surface area contributed by atoms with Gasteiger partial charge in [-0.1, -0.05) is 20.8 Å². The van der Waals surface area contributed by atoms with Crippen LogP contribution in [-0.4, -0.2) is 12.6 Å². The number of rotatable bonds is 5. The Morgan fingerprint density at radius 2 is 1.18 bits per heavy atom. The maximum absolute atomic E-state index is 11.3. The van der Waals surface area contributed by atoms with Gasteiger partial charge in [-0.25, -0.2) is 0 Å². The summed E-state index contributed by atoms with van der Waals surface area (Å²) in [6.45, 7) is 8.02. The molecule has 0 aliphatic heterocycles. The normalized spacial score (nSPS) is 10.4. The molecule has 0 atom stereocenters. The summed E-state index contributed by atoms with van der Waals surface area (Å²) in [7, 11) is 0. The van der Waals surface area contributed by atoms with Crippen LogP contribution in [0.2, 0.25) is 0 Å². The quantitative estimate of drug-likeness (QED) is 0.730. The third-order valence-electron chi connectivity index (χ3n) is 3.49. The molecule has 0 unspecified atom stereocenters. The summed E-state index contributed by atoms with van der Waals surface area (Å²) < 4.78 is 0. The van der Waals surface area contributed by atoms with E-state index >= 15 is 0 Å². The molecule has 0 amide bonds. The lowest BCUT2D eigenvalue weighted by Crippen LogP contribution is -2.10. The largest absolute Gasteiger partial charge is 0.298 e. The van der Waals surface area contributed by atoms with E-state index in [4.69, 9.17) is 0 Å². The maximum Gasteiger partial charge on any atom is 0.150 e. The zero-order valence-electron chi connectivity index (χ0n) is 11.1. The van der Waals surface area contributed by atoms with Gasteiger partial charge in [0, 0.05) is 11.1 Å². The number of benzene rings is 1. The summed E-state index contributed by atoms with van der Waals surface area (Å²) in [5.41, 5.74) is 5.67. The first-order valence-corrected chi connectivity index (χ1v) is 6.23. The van der Waals surface area contributed by atoms with Crippen molar-refractivity contribution in [1.82, 2.24) is 0 Å². The predicted molar refractivity (Wildman–Crippen MR) is 70.1 cm³/mol. The van der Waals surface area contributed by atoms with Crippen LogP contribution in [0.25, 0.3) is 0 Å². The molecule has 0 aliphatic rings. The monoisotopic (exact) mass is 232 g/mol. The van der Waals surface area contributed by atoms with E-state index in [1.165, 1.54) is 0 Å². The van der Waals surface area contributed by atoms with Crippen LogP contribution in [0, 0.1) is 6.92 Å². The van der Waals surface area contributed by atoms with Crippen LogP contribution >= 0.6 is 0 Å². The maximum atomic E-state index is 11.3. The molecular weight excluding hydrogens is 212 g/mol. The van der Waals surface area contributed by atoms with Gasteiger partial charge in [-0.3, -0.25) is 9.59 Å². The number of aldehydes is 2. The highest BCUT2D eigenvalue weighted by Crippen LogP contribution is 2.27. The number of hydrogen-bond acceptors (Lipinski definition) is 2. The molecule has 0 saturated carbocycles. The van der Waals surface area contributed by atoms with E-state index in [9.17, 15) is 9.59 Å². The summed E-state index contributed by atoms with van der Waals surface area (Å²) in [5.74, 6) is 0. The molecule has 0 spiro atoms. The first-order chi connectivity index (χ1) is 8.15. The van der Waals surface area contributed by atoms with Crippen LogP contribution in [-0.2, 0) is 19.3 Å². The van der Waals surface area contributed by atoms with Gasteiger partial charge in [0.05, 0.1) is 0 Å². The van der Waals surface area contributed by atoms with Crippen LogP contribution in [0.3, 0.4) is 0 Å². The first-order valence-electron chi connectivity index (χ1n) is 6.23. The van der Waals surface area contributed by atoms with Crippen LogP contribution in [0.5, 0.6) is 0 Å². The Labute approximate surface area is 103 Å². The molecule has 0 saturated heterocycles. The second-order valence-corrected chi connectivity index (χ2v) is 4.18. The van der Waals surface area contributed by atoms with E-state index in [2.05, 4.69) is 0 Å². The van der Waals surface area contributed by atoms with Crippen molar-refractivity contribution in [3.05, 3.63) is 33.4 Å². The van der Waals surface area contributed by atoms with Crippen LogP contribution in [0.1, 0.15) is 63.7 Å². The van der Waals surface area contributed by atoms with Gasteiger partial charge in [-0.2, -0.15) is 0 Å². The van der Waals surface area contributed by atoms with Crippen molar-refractivity contribution in [3.63, 3.8) is 0 Å². The fraction of sp³-hybridized carbons (Fsp3) is 0.467. The highest BCUT2D eigenvalue weighted by Gasteiger charge is 2.17. The minimum Gasteiger partial charge on any atom is -0.298 e. The SMILES string of the molecule is CCc1c(C)c(C=O)c(CC)c(CC)c1C=O. The highest BCUT2D eigenvalue weighted by atomic mass is 16.1. The van der Waals surface area contributed by atoms with E-state index in [-0.39, 0.29) is 0 Å². The highest BCUT2D eigenvalue weighted by molar-refractivity contribution is 5.88. The summed E-state index contributed by atoms with van der Waals surface area (Å²) in [4.78, 5) is 22.6. The van der Waals surface area contributed by atoms with E-state index < -0.39 is 0 Å². The van der Waals surface area contributed by atoms with Crippen molar-refractivity contribution >= 4 is 12.6 Å². The van der Waals surface area contributed by atoms with Gasteiger partial charge in [-0.15, -0.1) is 0 Å². The number of hydrogen-bond donors (Lipinski definition) is 0. The molecule has 2 heteroatoms. The minimum atomic E-state index is 0.784. The van der Waals surface area contributed by atoms with Crippen LogP contribution in [0.15, 0.2) is 0 Å². The van der Waals surface area contributed by atoms with Gasteiger partial charge in [0.25, 0.3) is 0 Å². The molecule has 1 aromatic carbocycles. The molecule has 0 aromatic heterocycles. The van der Waals surface area contributed by atoms with Crippen LogP contribution < -0.4 is 0 Å². The zero-order valence-corrected chi connectivity index (χ0v) is 11.1. The Morgan fingerprint density at radius 1 is 0.765 bits per heavy atom. The smallest absolute Gasteiger partial charge is 0.150 e. The minimum absolute atomic E-state index is 0.784. The Morgan fingerprint density at radius 3 is 1.53 bits per heavy atom. The van der Waals surface area contributed by atoms with Gasteiger partial charge in [0.1, 0.15) is 0 Å². The molecule has 2 nitrogen and oxygen atoms in total. The van der Waals surface area contributed by atoms with Crippen molar-refractivity contribution in [3.8, 4) is 0 Å². The summed E-state index contributed by atoms with van der Waals surface area (Å²) in [6, 6.07) is 0. The van der Waals surface area contributed by atoms with Crippen molar-refractivity contribution in [2.75, 3.05) is 0 Å². The third-order valence-corrected chi connectivity index (χ3v) is 3.49. The average Bonchev–Trinajstić information content (AvgIpc) is 2.36. The molecule has 92 valence electrons. The Kier molecular flexibility index (Phi) is 4.62. The van der Waals surface area contributed by atoms with E-state index in [1.54, 1.807) is 0 Å². The molecule has 0 radical (unpaired) electrons. The Hall–Kier alpha value is -1.44. The van der Waals surface area contributed by atoms with Gasteiger partial charge in [-0.05, 0) is 48.4 Å². The third kappa shape index (κ3) is 2.17. The standard InChI is InChI=1S/C15H20O2/c1-5-11-10(4)14(8-16)12(6-2)13(7-3)15(11)9-17/h8-9H,5-7H2,1-4H3. The lowest BCUT2D eigenvalue weighted by atomic mass is 9.85. The molecular formula is C15H20O2. The van der Waals surface area contributed by atoms with Gasteiger partial charge >= 0.3 is 0 Å². The lowest BCUT2D eigenvalue weighted by Gasteiger charge is -2.19. The van der Waals surface area contributed by atoms with Crippen molar-refractivity contribution in [2.24, 2.45) is 0 Å². The van der Waals surface area contributed by atoms with Gasteiger partial charge in [0.2, 0.25) is 0 Å². The molecule has 0 bridgehead atoms. The molecule has 17 heavy (non-hydrogen) atoms. The summed E-state index contributed by atoms with van der Waals surface area (Å²) >= 11 is 0. The number of carbonyl (C=O) groups is 2.